The van der Waals surface area contributed by atoms with Crippen LogP contribution >= 0.6 is 0 Å². The van der Waals surface area contributed by atoms with Gasteiger partial charge in [-0.2, -0.15) is 0 Å². The molecule has 5 N–H and O–H groups in total. The Morgan fingerprint density at radius 1 is 0.698 bits per heavy atom. The first-order valence-electron chi connectivity index (χ1n) is 18.9. The standard InChI is InChI=1S/C44H33F5N4O10/c1-20(2)38(53-43(60)61-19-21-8-4-3-5-9-21)41(58)52-28(18-31(54)55)39(56)50-22-12-14-26-29(16-22)62-30-17-23(51-40(57)32-33(45)35(47)37(49)36(48)34(32)46)13-15-27(30)44(26)25-11-7-6-10-24(25)42(59)63-44/h3-17,20,28,38H,18-19H2,1-2H3,(H,50,56)(H,51,57)(H,52,58)(H,53,60)(H,54,55)/t28-,38-,44?/m0/s1. The lowest BCUT2D eigenvalue weighted by Gasteiger charge is -2.37. The highest BCUT2D eigenvalue weighted by molar-refractivity contribution is 6.05. The fraction of sp³-hybridized carbons (Fsp3) is 0.182. The number of hydrogen-bond acceptors (Lipinski definition) is 9. The topological polar surface area (TPSA) is 198 Å². The van der Waals surface area contributed by atoms with E-state index in [4.69, 9.17) is 14.2 Å². The van der Waals surface area contributed by atoms with Crippen molar-refractivity contribution in [2.45, 2.75) is 44.6 Å². The van der Waals surface area contributed by atoms with Crippen LogP contribution in [0.3, 0.4) is 0 Å². The lowest BCUT2D eigenvalue weighted by atomic mass is 9.77. The van der Waals surface area contributed by atoms with Gasteiger partial charge in [0.15, 0.2) is 28.9 Å². The molecule has 0 aromatic heterocycles. The van der Waals surface area contributed by atoms with Crippen molar-refractivity contribution >= 4 is 47.1 Å². The number of benzene rings is 5. The molecule has 1 spiro atoms. The van der Waals surface area contributed by atoms with Crippen LogP contribution in [0.25, 0.3) is 0 Å². The zero-order valence-corrected chi connectivity index (χ0v) is 32.8. The molecule has 0 saturated heterocycles. The maximum absolute atomic E-state index is 14.5. The predicted molar refractivity (Wildman–Crippen MR) is 210 cm³/mol. The van der Waals surface area contributed by atoms with Crippen LogP contribution in [0, 0.1) is 35.0 Å². The van der Waals surface area contributed by atoms with Crippen molar-refractivity contribution in [2.75, 3.05) is 10.6 Å². The van der Waals surface area contributed by atoms with E-state index in [9.17, 15) is 55.8 Å². The van der Waals surface area contributed by atoms with E-state index in [0.717, 1.165) is 6.07 Å². The van der Waals surface area contributed by atoms with Crippen molar-refractivity contribution in [1.29, 1.82) is 0 Å². The van der Waals surface area contributed by atoms with Gasteiger partial charge in [-0.1, -0.05) is 62.4 Å². The Bertz CT molecular complexity index is 2690. The number of nitrogens with one attached hydrogen (secondary N) is 4. The number of amides is 4. The summed E-state index contributed by atoms with van der Waals surface area (Å²) in [6.45, 7) is 3.12. The van der Waals surface area contributed by atoms with Crippen LogP contribution in [0.5, 0.6) is 11.5 Å². The van der Waals surface area contributed by atoms with Gasteiger partial charge in [0.1, 0.15) is 35.8 Å². The van der Waals surface area contributed by atoms with E-state index >= 15 is 0 Å². The quantitative estimate of drug-likeness (QED) is 0.0375. The smallest absolute Gasteiger partial charge is 0.408 e. The normalized spacial score (nSPS) is 15.5. The number of halogens is 5. The summed E-state index contributed by atoms with van der Waals surface area (Å²) in [7, 11) is 0. The minimum Gasteiger partial charge on any atom is -0.481 e. The molecular formula is C44H33F5N4O10. The van der Waals surface area contributed by atoms with Gasteiger partial charge in [0.2, 0.25) is 17.6 Å². The van der Waals surface area contributed by atoms with Crippen LogP contribution < -0.4 is 26.0 Å². The summed E-state index contributed by atoms with van der Waals surface area (Å²) in [5, 5.41) is 19.1. The number of carbonyl (C=O) groups is 6. The van der Waals surface area contributed by atoms with Gasteiger partial charge in [-0.25, -0.2) is 31.5 Å². The van der Waals surface area contributed by atoms with E-state index in [-0.39, 0.29) is 46.2 Å². The van der Waals surface area contributed by atoms with Crippen LogP contribution in [0.2, 0.25) is 0 Å². The second-order valence-corrected chi connectivity index (χ2v) is 14.6. The number of rotatable bonds is 12. The molecule has 2 aliphatic heterocycles. The average molecular weight is 873 g/mol. The number of hydrogen-bond donors (Lipinski definition) is 5. The van der Waals surface area contributed by atoms with Crippen LogP contribution in [0.1, 0.15) is 63.2 Å². The first-order chi connectivity index (χ1) is 30.0. The van der Waals surface area contributed by atoms with Gasteiger partial charge in [0, 0.05) is 40.2 Å². The van der Waals surface area contributed by atoms with Gasteiger partial charge < -0.3 is 40.6 Å². The van der Waals surface area contributed by atoms with Crippen LogP contribution in [-0.4, -0.2) is 52.9 Å². The molecule has 324 valence electrons. The number of carboxylic acid groups (broad SMARTS) is 1. The molecule has 63 heavy (non-hydrogen) atoms. The third-order valence-electron chi connectivity index (χ3n) is 10.1. The molecule has 2 heterocycles. The highest BCUT2D eigenvalue weighted by atomic mass is 19.2. The first kappa shape index (κ1) is 43.3. The summed E-state index contributed by atoms with van der Waals surface area (Å²) in [6.07, 6.45) is -1.82. The molecule has 5 aromatic rings. The van der Waals surface area contributed by atoms with Crippen molar-refractivity contribution in [3.63, 3.8) is 0 Å². The van der Waals surface area contributed by atoms with E-state index in [1.807, 2.05) is 0 Å². The van der Waals surface area contributed by atoms with Crippen molar-refractivity contribution in [3.05, 3.63) is 153 Å². The van der Waals surface area contributed by atoms with Crippen LogP contribution in [0.4, 0.5) is 38.1 Å². The zero-order chi connectivity index (χ0) is 45.3. The van der Waals surface area contributed by atoms with Gasteiger partial charge in [-0.15, -0.1) is 0 Å². The molecule has 5 aromatic carbocycles. The predicted octanol–water partition coefficient (Wildman–Crippen LogP) is 7.05. The number of alkyl carbamates (subject to hydrolysis) is 1. The van der Waals surface area contributed by atoms with E-state index in [0.29, 0.717) is 11.1 Å². The van der Waals surface area contributed by atoms with Crippen molar-refractivity contribution in [2.24, 2.45) is 5.92 Å². The van der Waals surface area contributed by atoms with E-state index in [1.54, 1.807) is 62.4 Å². The minimum absolute atomic E-state index is 0.0154. The molecular weight excluding hydrogens is 839 g/mol. The van der Waals surface area contributed by atoms with Gasteiger partial charge in [-0.3, -0.25) is 19.2 Å². The average Bonchev–Trinajstić information content (AvgIpc) is 3.54. The van der Waals surface area contributed by atoms with Crippen molar-refractivity contribution < 1.29 is 70.0 Å². The second kappa shape index (κ2) is 17.3. The summed E-state index contributed by atoms with van der Waals surface area (Å²) in [5.74, 6) is -18.4. The molecule has 0 saturated carbocycles. The van der Waals surface area contributed by atoms with Gasteiger partial charge >= 0.3 is 18.0 Å². The summed E-state index contributed by atoms with van der Waals surface area (Å²) in [4.78, 5) is 77.9. The molecule has 7 rings (SSSR count). The third kappa shape index (κ3) is 8.31. The summed E-state index contributed by atoms with van der Waals surface area (Å²) < 4.78 is 88.0. The molecule has 3 atom stereocenters. The molecule has 0 fully saturated rings. The number of aliphatic carboxylic acids is 1. The van der Waals surface area contributed by atoms with Crippen LogP contribution in [-0.2, 0) is 36.1 Å². The Morgan fingerprint density at radius 2 is 1.27 bits per heavy atom. The lowest BCUT2D eigenvalue weighted by Crippen LogP contribution is -2.55. The fourth-order valence-electron chi connectivity index (χ4n) is 7.13. The number of ether oxygens (including phenoxy) is 3. The molecule has 14 nitrogen and oxygen atoms in total. The van der Waals surface area contributed by atoms with Crippen molar-refractivity contribution in [3.8, 4) is 11.5 Å². The Kier molecular flexibility index (Phi) is 11.9. The largest absolute Gasteiger partial charge is 0.481 e. The third-order valence-corrected chi connectivity index (χ3v) is 10.1. The fourth-order valence-corrected chi connectivity index (χ4v) is 7.13. The molecule has 0 radical (unpaired) electrons. The Balaban J connectivity index is 1.16. The number of carbonyl (C=O) groups excluding carboxylic acids is 5. The van der Waals surface area contributed by atoms with Gasteiger partial charge in [0.05, 0.1) is 12.0 Å². The second-order valence-electron chi connectivity index (χ2n) is 14.6. The van der Waals surface area contributed by atoms with Crippen LogP contribution in [0.15, 0.2) is 91.0 Å². The highest BCUT2D eigenvalue weighted by Crippen LogP contribution is 2.56. The van der Waals surface area contributed by atoms with E-state index in [1.165, 1.54) is 36.4 Å². The maximum Gasteiger partial charge on any atom is 0.408 e. The minimum atomic E-state index is -2.46. The molecule has 4 amide bonds. The summed E-state index contributed by atoms with van der Waals surface area (Å²) in [5.41, 5.74) is -2.15. The first-order valence-corrected chi connectivity index (χ1v) is 18.9. The molecule has 0 bridgehead atoms. The molecule has 2 aliphatic rings. The van der Waals surface area contributed by atoms with E-state index in [2.05, 4.69) is 21.3 Å². The molecule has 1 unspecified atom stereocenters. The number of esters is 1. The van der Waals surface area contributed by atoms with Crippen molar-refractivity contribution in [1.82, 2.24) is 10.6 Å². The Hall–Kier alpha value is -7.83. The summed E-state index contributed by atoms with van der Waals surface area (Å²) >= 11 is 0. The number of fused-ring (bicyclic) bond motifs is 6. The maximum atomic E-state index is 14.5. The summed E-state index contributed by atoms with van der Waals surface area (Å²) in [6, 6.07) is 20.0. The zero-order valence-electron chi connectivity index (χ0n) is 32.8. The van der Waals surface area contributed by atoms with E-state index < -0.39 is 100 Å². The number of carboxylic acids is 1. The number of anilines is 2. The highest BCUT2D eigenvalue weighted by Gasteiger charge is 2.53. The van der Waals surface area contributed by atoms with Gasteiger partial charge in [-0.05, 0) is 41.8 Å². The molecule has 19 heteroatoms. The SMILES string of the molecule is CC(C)[C@H](NC(=O)OCc1ccccc1)C(=O)N[C@@H](CC(=O)O)C(=O)Nc1ccc2c(c1)Oc1cc(NC(=O)c3c(F)c(F)c(F)c(F)c3F)ccc1C21OC(=O)c2ccccc21. The van der Waals surface area contributed by atoms with Gasteiger partial charge in [0.25, 0.3) is 5.91 Å². The lowest BCUT2D eigenvalue weighted by molar-refractivity contribution is -0.140. The Labute approximate surface area is 353 Å². The molecule has 0 aliphatic carbocycles. The monoisotopic (exact) mass is 872 g/mol. The Morgan fingerprint density at radius 3 is 1.87 bits per heavy atom.